The predicted octanol–water partition coefficient (Wildman–Crippen LogP) is 2.48. The molecule has 2 saturated heterocycles. The summed E-state index contributed by atoms with van der Waals surface area (Å²) < 4.78 is 10.8. The molecule has 2 aliphatic heterocycles. The molecule has 2 aliphatic rings. The molecule has 0 atom stereocenters. The molecule has 2 aromatic rings. The molecular weight excluding hydrogens is 424 g/mol. The van der Waals surface area contributed by atoms with E-state index < -0.39 is 0 Å². The number of rotatable bonds is 5. The van der Waals surface area contributed by atoms with E-state index in [9.17, 15) is 5.11 Å². The Balaban J connectivity index is 1.38. The van der Waals surface area contributed by atoms with Gasteiger partial charge in [-0.3, -0.25) is 9.80 Å². The number of benzene rings is 2. The molecule has 0 radical (unpaired) electrons. The average Bonchev–Trinajstić information content (AvgIpc) is 2.90. The van der Waals surface area contributed by atoms with E-state index in [-0.39, 0.29) is 6.61 Å². The molecule has 34 heavy (non-hydrogen) atoms. The minimum absolute atomic E-state index is 0.0163. The summed E-state index contributed by atoms with van der Waals surface area (Å²) >= 11 is 0. The largest absolute Gasteiger partial charge is 0.392 e. The monoisotopic (exact) mass is 456 g/mol. The van der Waals surface area contributed by atoms with Crippen LogP contribution >= 0.6 is 0 Å². The maximum absolute atomic E-state index is 9.60. The molecule has 5 heteroatoms. The lowest BCUT2D eigenvalue weighted by molar-refractivity contribution is 0.0443. The number of hydrogen-bond donors (Lipinski definition) is 1. The minimum atomic E-state index is -0.0163. The van der Waals surface area contributed by atoms with Crippen molar-refractivity contribution in [2.24, 2.45) is 0 Å². The Bertz CT molecular complexity index is 973. The third-order valence-corrected chi connectivity index (χ3v) is 5.97. The quantitative estimate of drug-likeness (QED) is 0.701. The summed E-state index contributed by atoms with van der Waals surface area (Å²) in [6.45, 7) is 8.46. The van der Waals surface area contributed by atoms with E-state index >= 15 is 0 Å². The molecule has 5 nitrogen and oxygen atoms in total. The molecular formula is C29H32N2O3. The summed E-state index contributed by atoms with van der Waals surface area (Å²) in [4.78, 5) is 4.62. The second kappa shape index (κ2) is 13.1. The van der Waals surface area contributed by atoms with Crippen molar-refractivity contribution < 1.29 is 14.6 Å². The van der Waals surface area contributed by atoms with Crippen molar-refractivity contribution in [3.63, 3.8) is 0 Å². The maximum atomic E-state index is 9.60. The molecule has 0 amide bonds. The lowest BCUT2D eigenvalue weighted by Gasteiger charge is -2.24. The van der Waals surface area contributed by atoms with Crippen LogP contribution < -0.4 is 0 Å². The van der Waals surface area contributed by atoms with Crippen LogP contribution in [0.1, 0.15) is 22.3 Å². The SMILES string of the molecule is OCC=C(c1ccc(C#CCN2CCOCC2)cc1)c1ccc(C#CCN2CCOCC2)cc1. The summed E-state index contributed by atoms with van der Waals surface area (Å²) in [5.74, 6) is 13.0. The third kappa shape index (κ3) is 7.30. The normalized spacial score (nSPS) is 16.6. The maximum Gasteiger partial charge on any atom is 0.0621 e. The van der Waals surface area contributed by atoms with E-state index in [0.717, 1.165) is 93.5 Å². The molecule has 176 valence electrons. The highest BCUT2D eigenvalue weighted by Crippen LogP contribution is 2.24. The van der Waals surface area contributed by atoms with Crippen LogP contribution in [0.2, 0.25) is 0 Å². The van der Waals surface area contributed by atoms with Crippen molar-refractivity contribution in [3.8, 4) is 23.7 Å². The third-order valence-electron chi connectivity index (χ3n) is 5.97. The Labute approximate surface area is 203 Å². The number of aliphatic hydroxyl groups excluding tert-OH is 1. The van der Waals surface area contributed by atoms with E-state index in [1.165, 1.54) is 0 Å². The van der Waals surface area contributed by atoms with Crippen molar-refractivity contribution in [3.05, 3.63) is 76.9 Å². The Hall–Kier alpha value is -2.90. The summed E-state index contributed by atoms with van der Waals surface area (Å²) in [6.07, 6.45) is 1.85. The molecule has 0 aliphatic carbocycles. The van der Waals surface area contributed by atoms with Crippen LogP contribution in [0, 0.1) is 23.7 Å². The van der Waals surface area contributed by atoms with Gasteiger partial charge in [-0.15, -0.1) is 0 Å². The number of morpholine rings is 2. The summed E-state index contributed by atoms with van der Waals surface area (Å²) in [5.41, 5.74) is 5.10. The molecule has 0 bridgehead atoms. The molecule has 2 aromatic carbocycles. The number of hydrogen-bond acceptors (Lipinski definition) is 5. The smallest absolute Gasteiger partial charge is 0.0621 e. The zero-order valence-electron chi connectivity index (χ0n) is 19.6. The van der Waals surface area contributed by atoms with E-state index in [1.54, 1.807) is 0 Å². The van der Waals surface area contributed by atoms with Gasteiger partial charge in [0.2, 0.25) is 0 Å². The van der Waals surface area contributed by atoms with Gasteiger partial charge in [0.1, 0.15) is 0 Å². The van der Waals surface area contributed by atoms with Crippen molar-refractivity contribution in [1.29, 1.82) is 0 Å². The first-order chi connectivity index (χ1) is 16.8. The molecule has 2 fully saturated rings. The molecule has 1 N–H and O–H groups in total. The van der Waals surface area contributed by atoms with Gasteiger partial charge >= 0.3 is 0 Å². The molecule has 0 aromatic heterocycles. The zero-order chi connectivity index (χ0) is 23.4. The highest BCUT2D eigenvalue weighted by molar-refractivity contribution is 5.80. The molecule has 0 saturated carbocycles. The number of ether oxygens (including phenoxy) is 2. The van der Waals surface area contributed by atoms with Gasteiger partial charge in [-0.25, -0.2) is 0 Å². The Kier molecular flexibility index (Phi) is 9.34. The van der Waals surface area contributed by atoms with Crippen molar-refractivity contribution in [1.82, 2.24) is 9.80 Å². The van der Waals surface area contributed by atoms with E-state index in [1.807, 2.05) is 30.3 Å². The van der Waals surface area contributed by atoms with Crippen LogP contribution in [0.25, 0.3) is 5.57 Å². The van der Waals surface area contributed by atoms with Crippen LogP contribution in [-0.2, 0) is 9.47 Å². The fourth-order valence-corrected chi connectivity index (χ4v) is 3.99. The van der Waals surface area contributed by atoms with E-state index in [0.29, 0.717) is 0 Å². The van der Waals surface area contributed by atoms with Crippen molar-refractivity contribution >= 4 is 5.57 Å². The van der Waals surface area contributed by atoms with Gasteiger partial charge in [0, 0.05) is 37.3 Å². The van der Waals surface area contributed by atoms with Crippen molar-refractivity contribution in [2.45, 2.75) is 0 Å². The standard InChI is InChI=1S/C29H32N2O3/c32-20-13-29(27-9-5-25(6-10-27)3-1-14-30-16-21-33-22-17-30)28-11-7-26(8-12-28)4-2-15-31-18-23-34-24-19-31/h5-13,32H,14-24H2. The van der Waals surface area contributed by atoms with Gasteiger partial charge in [-0.2, -0.15) is 0 Å². The molecule has 2 heterocycles. The van der Waals surface area contributed by atoms with Gasteiger partial charge in [0.05, 0.1) is 46.1 Å². The lowest BCUT2D eigenvalue weighted by Crippen LogP contribution is -2.36. The van der Waals surface area contributed by atoms with Gasteiger partial charge in [0.15, 0.2) is 0 Å². The van der Waals surface area contributed by atoms with Gasteiger partial charge in [-0.1, -0.05) is 54.0 Å². The first-order valence-electron chi connectivity index (χ1n) is 11.9. The Morgan fingerprint density at radius 2 is 1.12 bits per heavy atom. The van der Waals surface area contributed by atoms with Gasteiger partial charge < -0.3 is 14.6 Å². The summed E-state index contributed by atoms with van der Waals surface area (Å²) in [5, 5.41) is 9.60. The molecule has 4 rings (SSSR count). The van der Waals surface area contributed by atoms with Crippen LogP contribution in [-0.4, -0.2) is 87.2 Å². The van der Waals surface area contributed by atoms with E-state index in [4.69, 9.17) is 9.47 Å². The fourth-order valence-electron chi connectivity index (χ4n) is 3.99. The lowest BCUT2D eigenvalue weighted by atomic mass is 9.96. The van der Waals surface area contributed by atoms with Gasteiger partial charge in [0.25, 0.3) is 0 Å². The molecule has 0 spiro atoms. The molecule has 0 unspecified atom stereocenters. The van der Waals surface area contributed by atoms with Crippen LogP contribution in [0.4, 0.5) is 0 Å². The fraction of sp³-hybridized carbons (Fsp3) is 0.379. The summed E-state index contributed by atoms with van der Waals surface area (Å²) in [6, 6.07) is 16.4. The van der Waals surface area contributed by atoms with Crippen molar-refractivity contribution in [2.75, 3.05) is 72.3 Å². The summed E-state index contributed by atoms with van der Waals surface area (Å²) in [7, 11) is 0. The Morgan fingerprint density at radius 3 is 1.50 bits per heavy atom. The second-order valence-electron chi connectivity index (χ2n) is 8.34. The first kappa shape index (κ1) is 24.2. The highest BCUT2D eigenvalue weighted by atomic mass is 16.5. The average molecular weight is 457 g/mol. The minimum Gasteiger partial charge on any atom is -0.392 e. The van der Waals surface area contributed by atoms with Gasteiger partial charge in [-0.05, 0) is 41.0 Å². The number of nitrogens with zero attached hydrogens (tertiary/aromatic N) is 2. The second-order valence-corrected chi connectivity index (χ2v) is 8.34. The first-order valence-corrected chi connectivity index (χ1v) is 11.9. The van der Waals surface area contributed by atoms with Crippen LogP contribution in [0.3, 0.4) is 0 Å². The predicted molar refractivity (Wildman–Crippen MR) is 135 cm³/mol. The topological polar surface area (TPSA) is 45.2 Å². The highest BCUT2D eigenvalue weighted by Gasteiger charge is 2.09. The van der Waals surface area contributed by atoms with E-state index in [2.05, 4.69) is 57.7 Å². The zero-order valence-corrected chi connectivity index (χ0v) is 19.6. The van der Waals surface area contributed by atoms with Crippen LogP contribution in [0.15, 0.2) is 54.6 Å². The Morgan fingerprint density at radius 1 is 0.706 bits per heavy atom. The van der Waals surface area contributed by atoms with Crippen LogP contribution in [0.5, 0.6) is 0 Å². The number of aliphatic hydroxyl groups is 1.